The van der Waals surface area contributed by atoms with Crippen LogP contribution in [0.1, 0.15) is 55.4 Å². The standard InChI is InChI=1S/C21H22N4O/c1-26-20-15-10-24-21-19(15)14(7-9-23-21)16-11-25(12-17(16)20)18(6-8-22)13-4-2-3-5-13/h7,9-13,18,20H,2-6H2,1H3,(H,23,24). The van der Waals surface area contributed by atoms with E-state index >= 15 is 0 Å². The van der Waals surface area contributed by atoms with Crippen molar-refractivity contribution >= 4 is 11.0 Å². The van der Waals surface area contributed by atoms with Crippen molar-refractivity contribution in [3.8, 4) is 17.2 Å². The first-order valence-electron chi connectivity index (χ1n) is 9.39. The highest BCUT2D eigenvalue weighted by Gasteiger charge is 2.33. The highest BCUT2D eigenvalue weighted by atomic mass is 16.5. The summed E-state index contributed by atoms with van der Waals surface area (Å²) in [4.78, 5) is 7.73. The lowest BCUT2D eigenvalue weighted by atomic mass is 9.88. The summed E-state index contributed by atoms with van der Waals surface area (Å²) in [5.74, 6) is 0.599. The van der Waals surface area contributed by atoms with E-state index < -0.39 is 0 Å². The highest BCUT2D eigenvalue weighted by Crippen LogP contribution is 2.47. The molecule has 5 nitrogen and oxygen atoms in total. The number of aromatic nitrogens is 3. The zero-order valence-corrected chi connectivity index (χ0v) is 14.9. The summed E-state index contributed by atoms with van der Waals surface area (Å²) < 4.78 is 8.16. The van der Waals surface area contributed by atoms with Crippen molar-refractivity contribution in [2.45, 2.75) is 44.2 Å². The number of fused-ring (bicyclic) bond motifs is 2. The molecule has 0 radical (unpaired) electrons. The zero-order chi connectivity index (χ0) is 17.7. The van der Waals surface area contributed by atoms with Gasteiger partial charge in [0.2, 0.25) is 0 Å². The van der Waals surface area contributed by atoms with E-state index in [4.69, 9.17) is 4.74 Å². The summed E-state index contributed by atoms with van der Waals surface area (Å²) >= 11 is 0. The number of aromatic amines is 1. The fourth-order valence-electron chi connectivity index (χ4n) is 5.00. The molecule has 132 valence electrons. The summed E-state index contributed by atoms with van der Waals surface area (Å²) in [7, 11) is 1.76. The number of nitrogens with one attached hydrogen (secondary N) is 1. The molecule has 1 N–H and O–H groups in total. The molecule has 2 aliphatic carbocycles. The maximum Gasteiger partial charge on any atom is 0.138 e. The summed E-state index contributed by atoms with van der Waals surface area (Å²) in [6.07, 6.45) is 13.8. The third-order valence-electron chi connectivity index (χ3n) is 6.20. The van der Waals surface area contributed by atoms with Crippen molar-refractivity contribution in [1.82, 2.24) is 14.5 Å². The van der Waals surface area contributed by atoms with Crippen LogP contribution in [0.25, 0.3) is 22.2 Å². The van der Waals surface area contributed by atoms with E-state index in [2.05, 4.69) is 39.1 Å². The number of ether oxygens (including phenoxy) is 1. The van der Waals surface area contributed by atoms with E-state index in [1.807, 2.05) is 12.4 Å². The van der Waals surface area contributed by atoms with Gasteiger partial charge < -0.3 is 14.3 Å². The Bertz CT molecular complexity index is 1000. The smallest absolute Gasteiger partial charge is 0.138 e. The third-order valence-corrected chi connectivity index (χ3v) is 6.20. The Kier molecular flexibility index (Phi) is 3.61. The van der Waals surface area contributed by atoms with Crippen LogP contribution in [0.5, 0.6) is 0 Å². The minimum Gasteiger partial charge on any atom is -0.372 e. The molecular weight excluding hydrogens is 324 g/mol. The van der Waals surface area contributed by atoms with Gasteiger partial charge in [-0.15, -0.1) is 0 Å². The van der Waals surface area contributed by atoms with Crippen molar-refractivity contribution in [1.29, 1.82) is 5.26 Å². The molecule has 5 heteroatoms. The first-order valence-corrected chi connectivity index (χ1v) is 9.39. The van der Waals surface area contributed by atoms with Gasteiger partial charge in [-0.25, -0.2) is 4.98 Å². The molecule has 0 bridgehead atoms. The number of nitriles is 1. The molecule has 3 aromatic rings. The van der Waals surface area contributed by atoms with Gasteiger partial charge in [-0.2, -0.15) is 5.26 Å². The molecule has 1 fully saturated rings. The van der Waals surface area contributed by atoms with Crippen molar-refractivity contribution in [2.75, 3.05) is 7.11 Å². The van der Waals surface area contributed by atoms with Crippen LogP contribution in [0.4, 0.5) is 0 Å². The zero-order valence-electron chi connectivity index (χ0n) is 14.9. The van der Waals surface area contributed by atoms with Gasteiger partial charge in [-0.1, -0.05) is 12.8 Å². The fraction of sp³-hybridized carbons (Fsp3) is 0.429. The molecule has 3 aromatic heterocycles. The minimum atomic E-state index is -0.0944. The van der Waals surface area contributed by atoms with E-state index in [1.165, 1.54) is 42.4 Å². The van der Waals surface area contributed by atoms with Crippen LogP contribution in [-0.2, 0) is 4.74 Å². The molecule has 2 aliphatic rings. The Morgan fingerprint density at radius 3 is 2.92 bits per heavy atom. The predicted octanol–water partition coefficient (Wildman–Crippen LogP) is 4.73. The van der Waals surface area contributed by atoms with Crippen molar-refractivity contribution < 1.29 is 4.74 Å². The number of pyridine rings is 1. The van der Waals surface area contributed by atoms with Gasteiger partial charge >= 0.3 is 0 Å². The second kappa shape index (κ2) is 6.00. The average molecular weight is 346 g/mol. The van der Waals surface area contributed by atoms with Gasteiger partial charge in [0.15, 0.2) is 0 Å². The lowest BCUT2D eigenvalue weighted by molar-refractivity contribution is 0.137. The van der Waals surface area contributed by atoms with Gasteiger partial charge in [0.05, 0.1) is 12.5 Å². The van der Waals surface area contributed by atoms with Crippen LogP contribution in [0.2, 0.25) is 0 Å². The predicted molar refractivity (Wildman–Crippen MR) is 99.6 cm³/mol. The molecule has 26 heavy (non-hydrogen) atoms. The van der Waals surface area contributed by atoms with Gasteiger partial charge in [0, 0.05) is 60.0 Å². The Morgan fingerprint density at radius 1 is 1.31 bits per heavy atom. The molecule has 0 aromatic carbocycles. The summed E-state index contributed by atoms with van der Waals surface area (Å²) in [6, 6.07) is 4.75. The molecule has 0 saturated heterocycles. The molecule has 2 atom stereocenters. The molecule has 0 spiro atoms. The van der Waals surface area contributed by atoms with Crippen LogP contribution in [0.3, 0.4) is 0 Å². The first-order chi connectivity index (χ1) is 12.8. The van der Waals surface area contributed by atoms with Gasteiger partial charge in [-0.3, -0.25) is 0 Å². The van der Waals surface area contributed by atoms with Crippen LogP contribution >= 0.6 is 0 Å². The Hall–Kier alpha value is -2.58. The van der Waals surface area contributed by atoms with Crippen molar-refractivity contribution in [3.63, 3.8) is 0 Å². The summed E-state index contributed by atoms with van der Waals surface area (Å²) in [6.45, 7) is 0. The lowest BCUT2D eigenvalue weighted by Crippen LogP contribution is -2.15. The largest absolute Gasteiger partial charge is 0.372 e. The van der Waals surface area contributed by atoms with Crippen LogP contribution < -0.4 is 0 Å². The van der Waals surface area contributed by atoms with Crippen molar-refractivity contribution in [2.24, 2.45) is 5.92 Å². The van der Waals surface area contributed by atoms with Crippen LogP contribution in [0, 0.1) is 17.2 Å². The number of methoxy groups -OCH3 is 1. The summed E-state index contributed by atoms with van der Waals surface area (Å²) in [5.41, 5.74) is 5.65. The average Bonchev–Trinajstić information content (AvgIpc) is 3.40. The molecule has 2 unspecified atom stereocenters. The van der Waals surface area contributed by atoms with Crippen LogP contribution in [0.15, 0.2) is 30.9 Å². The highest BCUT2D eigenvalue weighted by molar-refractivity contribution is 5.99. The lowest BCUT2D eigenvalue weighted by Gasteiger charge is -2.23. The number of nitrogens with zero attached hydrogens (tertiary/aromatic N) is 3. The second-order valence-corrected chi connectivity index (χ2v) is 7.49. The maximum atomic E-state index is 9.39. The van der Waals surface area contributed by atoms with E-state index in [0.717, 1.165) is 16.6 Å². The summed E-state index contributed by atoms with van der Waals surface area (Å²) in [5, 5.41) is 10.5. The Morgan fingerprint density at radius 2 is 2.15 bits per heavy atom. The second-order valence-electron chi connectivity index (χ2n) is 7.49. The fourth-order valence-corrected chi connectivity index (χ4v) is 5.00. The van der Waals surface area contributed by atoms with E-state index in [0.29, 0.717) is 12.3 Å². The molecule has 3 heterocycles. The van der Waals surface area contributed by atoms with Gasteiger partial charge in [-0.05, 0) is 30.4 Å². The number of hydrogen-bond acceptors (Lipinski definition) is 3. The van der Waals surface area contributed by atoms with Crippen molar-refractivity contribution in [3.05, 3.63) is 42.0 Å². The molecule has 0 amide bonds. The first kappa shape index (κ1) is 15.7. The maximum absolute atomic E-state index is 9.39. The molecule has 5 rings (SSSR count). The third kappa shape index (κ3) is 2.15. The van der Waals surface area contributed by atoms with Gasteiger partial charge in [0.25, 0.3) is 0 Å². The Balaban J connectivity index is 1.67. The molecule has 1 saturated carbocycles. The number of H-pyrrole nitrogens is 1. The van der Waals surface area contributed by atoms with Gasteiger partial charge in [0.1, 0.15) is 11.8 Å². The topological polar surface area (TPSA) is 66.6 Å². The number of hydrogen-bond donors (Lipinski definition) is 1. The number of rotatable bonds is 4. The van der Waals surface area contributed by atoms with E-state index in [9.17, 15) is 5.26 Å². The van der Waals surface area contributed by atoms with E-state index in [1.54, 1.807) is 7.11 Å². The van der Waals surface area contributed by atoms with Crippen LogP contribution in [-0.4, -0.2) is 21.6 Å². The normalized spacial score (nSPS) is 20.2. The van der Waals surface area contributed by atoms with E-state index in [-0.39, 0.29) is 12.1 Å². The SMILES string of the molecule is COC1c2cn(C(CC#N)C3CCCC3)cc2-c2ccnc3[nH]cc1c23. The monoisotopic (exact) mass is 346 g/mol. The quantitative estimate of drug-likeness (QED) is 0.743. The molecular formula is C21H22N4O. The molecule has 0 aliphatic heterocycles. The minimum absolute atomic E-state index is 0.0944. The Labute approximate surface area is 152 Å².